The van der Waals surface area contributed by atoms with Gasteiger partial charge in [0.25, 0.3) is 0 Å². The molecule has 0 aliphatic heterocycles. The van der Waals surface area contributed by atoms with E-state index in [4.69, 9.17) is 4.74 Å². The Labute approximate surface area is 106 Å². The normalized spacial score (nSPS) is 11.3. The number of ether oxygens (including phenoxy) is 1. The summed E-state index contributed by atoms with van der Waals surface area (Å²) in [5, 5.41) is 0. The summed E-state index contributed by atoms with van der Waals surface area (Å²) in [6.45, 7) is -1.08. The number of benzene rings is 1. The Balaban J connectivity index is 2.45. The Hall–Kier alpha value is -1.39. The van der Waals surface area contributed by atoms with Gasteiger partial charge in [0.2, 0.25) is 0 Å². The van der Waals surface area contributed by atoms with Crippen molar-refractivity contribution in [2.45, 2.75) is 25.7 Å². The van der Waals surface area contributed by atoms with Crippen molar-refractivity contribution in [1.29, 1.82) is 0 Å². The van der Waals surface area contributed by atoms with Gasteiger partial charge in [-0.25, -0.2) is 0 Å². The predicted octanol–water partition coefficient (Wildman–Crippen LogP) is 3.87. The molecule has 0 aliphatic rings. The van der Waals surface area contributed by atoms with Gasteiger partial charge in [-0.1, -0.05) is 29.7 Å². The van der Waals surface area contributed by atoms with Gasteiger partial charge in [0.05, 0.1) is 12.4 Å². The average Bonchev–Trinajstić information content (AvgIpc) is 2.33. The highest BCUT2D eigenvalue weighted by Crippen LogP contribution is 2.17. The van der Waals surface area contributed by atoms with Crippen LogP contribution in [0.3, 0.4) is 0 Å². The van der Waals surface area contributed by atoms with Crippen LogP contribution in [0.2, 0.25) is 0 Å². The fraction of sp³-hybridized carbons (Fsp3) is 0.385. The van der Waals surface area contributed by atoms with Crippen molar-refractivity contribution in [2.24, 2.45) is 0 Å². The fourth-order valence-electron chi connectivity index (χ4n) is 1.63. The second-order valence-corrected chi connectivity index (χ2v) is 4.10. The van der Waals surface area contributed by atoms with Crippen molar-refractivity contribution < 1.29 is 17.7 Å². The van der Waals surface area contributed by atoms with Crippen LogP contribution in [-0.4, -0.2) is 13.6 Å². The summed E-state index contributed by atoms with van der Waals surface area (Å²) in [4.78, 5) is 0. The van der Waals surface area contributed by atoms with Crippen molar-refractivity contribution in [3.8, 4) is 5.75 Å². The first kappa shape index (κ1) is 14.7. The highest BCUT2D eigenvalue weighted by Gasteiger charge is 2.28. The van der Waals surface area contributed by atoms with Gasteiger partial charge in [-0.3, -0.25) is 0 Å². The number of unbranched alkanes of at least 4 members (excludes halogenated alkanes) is 3. The molecule has 18 heavy (non-hydrogen) atoms. The van der Waals surface area contributed by atoms with Crippen molar-refractivity contribution in [3.63, 3.8) is 0 Å². The maximum atomic E-state index is 12.7. The monoisotopic (exact) mass is 257 g/mol. The third-order valence-electron chi connectivity index (χ3n) is 2.58. The van der Waals surface area contributed by atoms with Gasteiger partial charge in [-0.05, 0) is 31.7 Å². The molecule has 0 fully saturated rings. The predicted molar refractivity (Wildman–Crippen MR) is 69.3 cm³/mol. The molecule has 0 N–H and O–H groups in total. The zero-order valence-electron chi connectivity index (χ0n) is 10.2. The third kappa shape index (κ3) is 4.86. The molecule has 0 atom stereocenters. The summed E-state index contributed by atoms with van der Waals surface area (Å²) in [6.07, 6.45) is 5.46. The summed E-state index contributed by atoms with van der Waals surface area (Å²) in [6, 6.07) is 5.36. The third-order valence-corrected chi connectivity index (χ3v) is 2.58. The summed E-state index contributed by atoms with van der Waals surface area (Å²) in [5.74, 6) is -0.0614. The molecule has 1 rings (SSSR count). The van der Waals surface area contributed by atoms with Gasteiger partial charge >= 0.3 is 6.98 Å². The molecule has 0 aliphatic carbocycles. The zero-order valence-corrected chi connectivity index (χ0v) is 10.2. The van der Waals surface area contributed by atoms with E-state index in [-0.39, 0.29) is 5.75 Å². The van der Waals surface area contributed by atoms with E-state index in [2.05, 4.69) is 6.58 Å². The Morgan fingerprint density at radius 3 is 2.50 bits per heavy atom. The van der Waals surface area contributed by atoms with Gasteiger partial charge in [0.15, 0.2) is 0 Å². The zero-order chi connectivity index (χ0) is 13.4. The minimum Gasteiger partial charge on any atom is -0.497 e. The Morgan fingerprint density at radius 2 is 1.83 bits per heavy atom. The van der Waals surface area contributed by atoms with Crippen LogP contribution in [0.25, 0.3) is 0 Å². The highest BCUT2D eigenvalue weighted by molar-refractivity contribution is 6.74. The second-order valence-electron chi connectivity index (χ2n) is 4.10. The molecule has 0 saturated heterocycles. The number of allylic oxidation sites excluding steroid dienone is 1. The van der Waals surface area contributed by atoms with E-state index in [1.54, 1.807) is 6.07 Å². The number of halogens is 3. The van der Waals surface area contributed by atoms with E-state index >= 15 is 0 Å². The summed E-state index contributed by atoms with van der Waals surface area (Å²) in [7, 11) is 0. The molecule has 1 aromatic carbocycles. The van der Waals surface area contributed by atoms with Gasteiger partial charge in [-0.2, -0.15) is 0 Å². The first-order chi connectivity index (χ1) is 8.55. The number of para-hydroxylation sites is 1. The van der Waals surface area contributed by atoms with E-state index in [9.17, 15) is 12.9 Å². The van der Waals surface area contributed by atoms with Gasteiger partial charge in [-0.15, -0.1) is 6.58 Å². The second kappa shape index (κ2) is 7.14. The van der Waals surface area contributed by atoms with Crippen LogP contribution < -0.4 is 10.2 Å². The maximum Gasteiger partial charge on any atom is 0.513 e. The van der Waals surface area contributed by atoms with E-state index in [1.807, 2.05) is 6.08 Å². The standard InChI is InChI=1S/C13H17BF3O/c1-2-3-4-5-8-11-18-13-10-7-6-9-12(13)14(15,16)17/h2,6-7,9-10H,1,3-5,8,11H2/q-1. The molecule has 0 unspecified atom stereocenters. The lowest BCUT2D eigenvalue weighted by atomic mass is 9.79. The molecule has 1 nitrogen and oxygen atoms in total. The Morgan fingerprint density at radius 1 is 1.11 bits per heavy atom. The van der Waals surface area contributed by atoms with E-state index in [1.165, 1.54) is 12.1 Å². The first-order valence-corrected chi connectivity index (χ1v) is 6.08. The van der Waals surface area contributed by atoms with Gasteiger partial charge in [0, 0.05) is 0 Å². The van der Waals surface area contributed by atoms with E-state index < -0.39 is 12.4 Å². The van der Waals surface area contributed by atoms with Gasteiger partial charge < -0.3 is 17.7 Å². The molecule has 0 radical (unpaired) electrons. The lowest BCUT2D eigenvalue weighted by Gasteiger charge is -2.19. The van der Waals surface area contributed by atoms with Crippen LogP contribution in [0.1, 0.15) is 25.7 Å². The number of hydrogen-bond donors (Lipinski definition) is 0. The molecule has 5 heteroatoms. The van der Waals surface area contributed by atoms with Crippen molar-refractivity contribution in [3.05, 3.63) is 36.9 Å². The SMILES string of the molecule is C=CCCCCCOc1ccccc1[B-](F)(F)F. The first-order valence-electron chi connectivity index (χ1n) is 6.08. The molecular formula is C13H17BF3O-. The summed E-state index contributed by atoms with van der Waals surface area (Å²) < 4.78 is 43.3. The molecule has 0 bridgehead atoms. The quantitative estimate of drug-likeness (QED) is 0.390. The average molecular weight is 257 g/mol. The lowest BCUT2D eigenvalue weighted by molar-refractivity contribution is 0.306. The molecule has 0 saturated carbocycles. The Kier molecular flexibility index (Phi) is 5.82. The fourth-order valence-corrected chi connectivity index (χ4v) is 1.63. The van der Waals surface area contributed by atoms with Crippen LogP contribution in [0, 0.1) is 0 Å². The smallest absolute Gasteiger partial charge is 0.497 e. The number of rotatable bonds is 8. The van der Waals surface area contributed by atoms with Crippen molar-refractivity contribution in [1.82, 2.24) is 0 Å². The molecule has 1 aromatic rings. The van der Waals surface area contributed by atoms with Crippen molar-refractivity contribution in [2.75, 3.05) is 6.61 Å². The highest BCUT2D eigenvalue weighted by atomic mass is 19.4. The maximum absolute atomic E-state index is 12.7. The molecule has 0 amide bonds. The Bertz CT molecular complexity index is 377. The van der Waals surface area contributed by atoms with Crippen LogP contribution in [0.4, 0.5) is 12.9 Å². The molecule has 0 spiro atoms. The van der Waals surface area contributed by atoms with Crippen LogP contribution in [0.15, 0.2) is 36.9 Å². The summed E-state index contributed by atoms with van der Waals surface area (Å²) >= 11 is 0. The van der Waals surface area contributed by atoms with Crippen LogP contribution >= 0.6 is 0 Å². The minimum atomic E-state index is -5.01. The molecule has 0 heterocycles. The van der Waals surface area contributed by atoms with Gasteiger partial charge in [0.1, 0.15) is 0 Å². The molecular weight excluding hydrogens is 240 g/mol. The molecule has 0 aromatic heterocycles. The molecule has 100 valence electrons. The largest absolute Gasteiger partial charge is 0.513 e. The van der Waals surface area contributed by atoms with Crippen LogP contribution in [0.5, 0.6) is 5.75 Å². The van der Waals surface area contributed by atoms with E-state index in [0.717, 1.165) is 31.7 Å². The van der Waals surface area contributed by atoms with E-state index in [0.29, 0.717) is 6.61 Å². The van der Waals surface area contributed by atoms with Crippen molar-refractivity contribution >= 4 is 12.4 Å². The van der Waals surface area contributed by atoms with Crippen LogP contribution in [-0.2, 0) is 0 Å². The topological polar surface area (TPSA) is 9.23 Å². The minimum absolute atomic E-state index is 0.0614. The lowest BCUT2D eigenvalue weighted by Crippen LogP contribution is -2.35. The number of hydrogen-bond acceptors (Lipinski definition) is 1. The summed E-state index contributed by atoms with van der Waals surface area (Å²) in [5.41, 5.74) is -0.649.